The van der Waals surface area contributed by atoms with E-state index in [-0.39, 0.29) is 12.5 Å². The number of carbonyl (C=O) groups is 1. The van der Waals surface area contributed by atoms with Gasteiger partial charge in [0.15, 0.2) is 0 Å². The fraction of sp³-hybridized carbons (Fsp3) is 0.681. The van der Waals surface area contributed by atoms with E-state index in [2.05, 4.69) is 92.1 Å². The van der Waals surface area contributed by atoms with Crippen molar-refractivity contribution in [3.63, 3.8) is 0 Å². The zero-order valence-corrected chi connectivity index (χ0v) is 33.3. The lowest BCUT2D eigenvalue weighted by Crippen LogP contribution is -2.45. The number of aliphatic hydroxyl groups is 2. The summed E-state index contributed by atoms with van der Waals surface area (Å²) in [5, 5.41) is 23.0. The monoisotopic (exact) mass is 708 g/mol. The number of aliphatic hydroxyl groups excluding tert-OH is 2. The zero-order chi connectivity index (χ0) is 37.1. The van der Waals surface area contributed by atoms with Crippen LogP contribution in [0.5, 0.6) is 0 Å². The van der Waals surface area contributed by atoms with Crippen LogP contribution in [0.4, 0.5) is 0 Å². The van der Waals surface area contributed by atoms with E-state index in [9.17, 15) is 15.0 Å². The van der Waals surface area contributed by atoms with Crippen LogP contribution in [0.25, 0.3) is 0 Å². The largest absolute Gasteiger partial charge is 0.394 e. The van der Waals surface area contributed by atoms with Crippen LogP contribution in [0.1, 0.15) is 187 Å². The highest BCUT2D eigenvalue weighted by Gasteiger charge is 2.17. The van der Waals surface area contributed by atoms with Gasteiger partial charge < -0.3 is 15.5 Å². The van der Waals surface area contributed by atoms with Gasteiger partial charge in [-0.25, -0.2) is 0 Å². The van der Waals surface area contributed by atoms with Gasteiger partial charge in [0.2, 0.25) is 5.91 Å². The van der Waals surface area contributed by atoms with Crippen molar-refractivity contribution >= 4 is 5.91 Å². The first-order valence-corrected chi connectivity index (χ1v) is 21.3. The van der Waals surface area contributed by atoms with Crippen LogP contribution in [0.3, 0.4) is 0 Å². The molecule has 0 aromatic rings. The van der Waals surface area contributed by atoms with E-state index in [1.54, 1.807) is 6.08 Å². The fourth-order valence-electron chi connectivity index (χ4n) is 5.85. The molecule has 0 saturated carbocycles. The molecule has 4 heteroatoms. The summed E-state index contributed by atoms with van der Waals surface area (Å²) in [6.07, 6.45) is 61.1. The molecule has 51 heavy (non-hydrogen) atoms. The highest BCUT2D eigenvalue weighted by Crippen LogP contribution is 2.12. The average molecular weight is 708 g/mol. The Balaban J connectivity index is 3.70. The molecule has 0 aliphatic heterocycles. The van der Waals surface area contributed by atoms with Gasteiger partial charge >= 0.3 is 0 Å². The van der Waals surface area contributed by atoms with Crippen molar-refractivity contribution in [2.75, 3.05) is 6.61 Å². The molecule has 0 aliphatic rings. The third kappa shape index (κ3) is 38.6. The summed E-state index contributed by atoms with van der Waals surface area (Å²) in [4.78, 5) is 12.4. The number of nitrogens with one attached hydrogen (secondary N) is 1. The van der Waals surface area contributed by atoms with Gasteiger partial charge in [0.25, 0.3) is 0 Å². The Hall–Kier alpha value is -2.43. The summed E-state index contributed by atoms with van der Waals surface area (Å²) in [5.41, 5.74) is 0. The zero-order valence-electron chi connectivity index (χ0n) is 33.3. The number of amides is 1. The quantitative estimate of drug-likeness (QED) is 0.0445. The molecular weight excluding hydrogens is 627 g/mol. The molecule has 0 radical (unpaired) electrons. The van der Waals surface area contributed by atoms with Crippen molar-refractivity contribution in [2.24, 2.45) is 0 Å². The van der Waals surface area contributed by atoms with Crippen molar-refractivity contribution in [1.82, 2.24) is 5.32 Å². The predicted molar refractivity (Wildman–Crippen MR) is 225 cm³/mol. The van der Waals surface area contributed by atoms with Gasteiger partial charge in [-0.2, -0.15) is 0 Å². The first-order valence-electron chi connectivity index (χ1n) is 21.3. The van der Waals surface area contributed by atoms with Crippen LogP contribution >= 0.6 is 0 Å². The fourth-order valence-corrected chi connectivity index (χ4v) is 5.85. The van der Waals surface area contributed by atoms with E-state index < -0.39 is 12.1 Å². The molecule has 1 amide bonds. The Morgan fingerprint density at radius 3 is 1.37 bits per heavy atom. The Labute approximate surface area is 316 Å². The van der Waals surface area contributed by atoms with Crippen molar-refractivity contribution in [1.29, 1.82) is 0 Å². The summed E-state index contributed by atoms with van der Waals surface area (Å²) in [6, 6.07) is -0.654. The lowest BCUT2D eigenvalue weighted by Gasteiger charge is -2.19. The molecule has 0 aliphatic carbocycles. The molecule has 0 fully saturated rings. The van der Waals surface area contributed by atoms with E-state index >= 15 is 0 Å². The lowest BCUT2D eigenvalue weighted by molar-refractivity contribution is -0.123. The maximum atomic E-state index is 12.4. The molecular formula is C47H81NO3. The Kier molecular flexibility index (Phi) is 40.0. The van der Waals surface area contributed by atoms with Gasteiger partial charge in [-0.3, -0.25) is 4.79 Å². The molecule has 292 valence electrons. The molecule has 2 unspecified atom stereocenters. The molecule has 0 heterocycles. The van der Waals surface area contributed by atoms with Gasteiger partial charge in [0.1, 0.15) is 0 Å². The maximum Gasteiger partial charge on any atom is 0.220 e. The summed E-state index contributed by atoms with van der Waals surface area (Å²) in [6.45, 7) is 4.16. The van der Waals surface area contributed by atoms with Crippen LogP contribution in [-0.4, -0.2) is 34.9 Å². The van der Waals surface area contributed by atoms with E-state index in [0.717, 1.165) is 70.6 Å². The molecule has 0 aromatic heterocycles. The molecule has 0 rings (SSSR count). The van der Waals surface area contributed by atoms with Crippen LogP contribution in [0, 0.1) is 0 Å². The average Bonchev–Trinajstić information content (AvgIpc) is 3.13. The van der Waals surface area contributed by atoms with Crippen LogP contribution in [0.15, 0.2) is 85.1 Å². The molecule has 0 bridgehead atoms. The number of rotatable bonds is 37. The van der Waals surface area contributed by atoms with Crippen LogP contribution < -0.4 is 5.32 Å². The normalized spacial score (nSPS) is 13.9. The third-order valence-corrected chi connectivity index (χ3v) is 9.09. The SMILES string of the molecule is CC/C=C\C/C=C\C/C=C\C/C=C\CCCCCCCCCCC(=O)NC(CO)C(O)/C=C/CC/C=C/CC/C=C/CCCCCCCCCC. The number of allylic oxidation sites excluding steroid dienone is 13. The van der Waals surface area contributed by atoms with Crippen LogP contribution in [-0.2, 0) is 4.79 Å². The Morgan fingerprint density at radius 1 is 0.490 bits per heavy atom. The minimum Gasteiger partial charge on any atom is -0.394 e. The number of carbonyl (C=O) groups excluding carboxylic acids is 1. The molecule has 0 aromatic carbocycles. The lowest BCUT2D eigenvalue weighted by atomic mass is 10.1. The Morgan fingerprint density at radius 2 is 0.882 bits per heavy atom. The molecule has 0 saturated heterocycles. The van der Waals surface area contributed by atoms with Crippen molar-refractivity contribution in [3.05, 3.63) is 85.1 Å². The minimum absolute atomic E-state index is 0.0906. The second-order valence-electron chi connectivity index (χ2n) is 14.0. The first-order chi connectivity index (χ1) is 25.2. The molecule has 2 atom stereocenters. The van der Waals surface area contributed by atoms with Gasteiger partial charge in [-0.15, -0.1) is 0 Å². The second kappa shape index (κ2) is 42.0. The van der Waals surface area contributed by atoms with Crippen LogP contribution in [0.2, 0.25) is 0 Å². The number of hydrogen-bond acceptors (Lipinski definition) is 3. The third-order valence-electron chi connectivity index (χ3n) is 9.09. The Bertz CT molecular complexity index is 941. The van der Waals surface area contributed by atoms with E-state index in [1.165, 1.54) is 96.3 Å². The van der Waals surface area contributed by atoms with Gasteiger partial charge in [0, 0.05) is 6.42 Å². The first kappa shape index (κ1) is 48.6. The minimum atomic E-state index is -0.878. The second-order valence-corrected chi connectivity index (χ2v) is 14.0. The number of unbranched alkanes of at least 4 members (excludes halogenated alkanes) is 18. The highest BCUT2D eigenvalue weighted by molar-refractivity contribution is 5.76. The smallest absolute Gasteiger partial charge is 0.220 e. The molecule has 0 spiro atoms. The summed E-state index contributed by atoms with van der Waals surface area (Å²) >= 11 is 0. The highest BCUT2D eigenvalue weighted by atomic mass is 16.3. The van der Waals surface area contributed by atoms with Crippen molar-refractivity contribution in [2.45, 2.75) is 199 Å². The van der Waals surface area contributed by atoms with E-state index in [1.807, 2.05) is 6.08 Å². The van der Waals surface area contributed by atoms with E-state index in [0.29, 0.717) is 6.42 Å². The van der Waals surface area contributed by atoms with E-state index in [4.69, 9.17) is 0 Å². The predicted octanol–water partition coefficient (Wildman–Crippen LogP) is 13.3. The summed E-state index contributed by atoms with van der Waals surface area (Å²) < 4.78 is 0. The number of hydrogen-bond donors (Lipinski definition) is 3. The van der Waals surface area contributed by atoms with Gasteiger partial charge in [0.05, 0.1) is 18.8 Å². The standard InChI is InChI=1S/C47H81NO3/c1-3-5-7-9-11-13-15-17-19-21-23-24-25-27-29-31-33-35-37-39-41-43-47(51)48-45(44-49)46(50)42-40-38-36-34-32-30-28-26-22-20-18-16-14-12-10-8-6-4-2/h5,7,11,13,17,19,22-24,26,32,34,40,42,45-46,49-50H,3-4,6,8-10,12,14-16,18,20-21,25,27-31,33,35-39,41,43-44H2,1-2H3,(H,48,51)/b7-5-,13-11-,19-17-,24-23-,26-22+,34-32+,42-40+. The van der Waals surface area contributed by atoms with Gasteiger partial charge in [-0.05, 0) is 83.5 Å². The topological polar surface area (TPSA) is 69.6 Å². The van der Waals surface area contributed by atoms with Gasteiger partial charge in [-0.1, -0.05) is 182 Å². The van der Waals surface area contributed by atoms with Crippen molar-refractivity contribution < 1.29 is 15.0 Å². The molecule has 4 nitrogen and oxygen atoms in total. The van der Waals surface area contributed by atoms with Crippen molar-refractivity contribution in [3.8, 4) is 0 Å². The maximum absolute atomic E-state index is 12.4. The summed E-state index contributed by atoms with van der Waals surface area (Å²) in [7, 11) is 0. The summed E-state index contributed by atoms with van der Waals surface area (Å²) in [5.74, 6) is -0.0906. The molecule has 3 N–H and O–H groups in total.